The Balaban J connectivity index is 2.04. The molecule has 0 radical (unpaired) electrons. The minimum atomic E-state index is 0.460. The van der Waals surface area contributed by atoms with Crippen molar-refractivity contribution in [3.05, 3.63) is 42.2 Å². The average molecular weight is 274 g/mol. The number of nitrogens with one attached hydrogen (secondary N) is 1. The third kappa shape index (κ3) is 3.51. The van der Waals surface area contributed by atoms with E-state index in [4.69, 9.17) is 0 Å². The summed E-state index contributed by atoms with van der Waals surface area (Å²) in [7, 11) is 0. The number of aromatic nitrogens is 3. The predicted molar refractivity (Wildman–Crippen MR) is 82.8 cm³/mol. The van der Waals surface area contributed by atoms with Gasteiger partial charge in [-0.15, -0.1) is 0 Å². The number of imidazole rings is 1. The molecule has 1 N–H and O–H groups in total. The standard InChI is InChI=1S/C16H26N4/c1-4-8-17-15(5-2)14-7-10-19(12-14)13-16-18-9-11-20(16)6-3/h7,9-12,15,17H,4-6,8,13H2,1-3H3. The maximum atomic E-state index is 4.43. The lowest BCUT2D eigenvalue weighted by atomic mass is 10.1. The van der Waals surface area contributed by atoms with Crippen LogP contribution in [0.3, 0.4) is 0 Å². The second-order valence-corrected chi connectivity index (χ2v) is 5.16. The molecule has 1 unspecified atom stereocenters. The van der Waals surface area contributed by atoms with Gasteiger partial charge in [0.05, 0.1) is 6.54 Å². The number of nitrogens with zero attached hydrogens (tertiary/aromatic N) is 3. The fourth-order valence-electron chi connectivity index (χ4n) is 2.52. The fraction of sp³-hybridized carbons (Fsp3) is 0.562. The lowest BCUT2D eigenvalue weighted by molar-refractivity contribution is 0.517. The van der Waals surface area contributed by atoms with Gasteiger partial charge in [-0.05, 0) is 37.9 Å². The highest BCUT2D eigenvalue weighted by molar-refractivity contribution is 5.16. The zero-order valence-corrected chi connectivity index (χ0v) is 12.8. The summed E-state index contributed by atoms with van der Waals surface area (Å²) in [5, 5.41) is 3.60. The molecule has 20 heavy (non-hydrogen) atoms. The molecule has 2 aromatic rings. The topological polar surface area (TPSA) is 34.8 Å². The average Bonchev–Trinajstić information content (AvgIpc) is 3.09. The molecule has 0 fully saturated rings. The van der Waals surface area contributed by atoms with Gasteiger partial charge in [-0.3, -0.25) is 0 Å². The van der Waals surface area contributed by atoms with E-state index in [1.807, 2.05) is 12.4 Å². The van der Waals surface area contributed by atoms with Crippen LogP contribution >= 0.6 is 0 Å². The summed E-state index contributed by atoms with van der Waals surface area (Å²) in [6, 6.07) is 2.68. The van der Waals surface area contributed by atoms with Gasteiger partial charge in [0.2, 0.25) is 0 Å². The van der Waals surface area contributed by atoms with Crippen LogP contribution in [0.1, 0.15) is 51.0 Å². The second-order valence-electron chi connectivity index (χ2n) is 5.16. The summed E-state index contributed by atoms with van der Waals surface area (Å²) in [4.78, 5) is 4.43. The summed E-state index contributed by atoms with van der Waals surface area (Å²) in [6.45, 7) is 9.46. The van der Waals surface area contributed by atoms with E-state index in [0.29, 0.717) is 6.04 Å². The minimum Gasteiger partial charge on any atom is -0.346 e. The second kappa shape index (κ2) is 7.29. The molecule has 0 aromatic carbocycles. The minimum absolute atomic E-state index is 0.460. The first-order chi connectivity index (χ1) is 9.78. The fourth-order valence-corrected chi connectivity index (χ4v) is 2.52. The molecule has 0 aliphatic rings. The highest BCUT2D eigenvalue weighted by Gasteiger charge is 2.10. The molecule has 110 valence electrons. The van der Waals surface area contributed by atoms with E-state index < -0.39 is 0 Å². The smallest absolute Gasteiger partial charge is 0.128 e. The van der Waals surface area contributed by atoms with Crippen LogP contribution in [-0.2, 0) is 13.1 Å². The largest absolute Gasteiger partial charge is 0.346 e. The predicted octanol–water partition coefficient (Wildman–Crippen LogP) is 3.20. The van der Waals surface area contributed by atoms with Crippen LogP contribution in [0.5, 0.6) is 0 Å². The Morgan fingerprint density at radius 2 is 2.10 bits per heavy atom. The van der Waals surface area contributed by atoms with Gasteiger partial charge in [-0.1, -0.05) is 13.8 Å². The van der Waals surface area contributed by atoms with Crippen LogP contribution in [-0.4, -0.2) is 20.7 Å². The number of rotatable bonds is 8. The van der Waals surface area contributed by atoms with Crippen molar-refractivity contribution in [1.82, 2.24) is 19.4 Å². The third-order valence-electron chi connectivity index (χ3n) is 3.69. The SMILES string of the molecule is CCCNC(CC)c1ccn(Cc2nccn2CC)c1. The molecule has 0 spiro atoms. The lowest BCUT2D eigenvalue weighted by Crippen LogP contribution is -2.21. The van der Waals surface area contributed by atoms with Gasteiger partial charge in [0, 0.05) is 37.4 Å². The van der Waals surface area contributed by atoms with Crippen LogP contribution in [0.2, 0.25) is 0 Å². The van der Waals surface area contributed by atoms with E-state index in [1.165, 1.54) is 12.0 Å². The first-order valence-electron chi connectivity index (χ1n) is 7.67. The van der Waals surface area contributed by atoms with Crippen LogP contribution in [0.15, 0.2) is 30.9 Å². The zero-order valence-electron chi connectivity index (χ0n) is 12.8. The molecule has 0 saturated heterocycles. The van der Waals surface area contributed by atoms with Gasteiger partial charge in [0.1, 0.15) is 5.82 Å². The summed E-state index contributed by atoms with van der Waals surface area (Å²) < 4.78 is 4.41. The van der Waals surface area contributed by atoms with E-state index in [0.717, 1.165) is 31.9 Å². The van der Waals surface area contributed by atoms with E-state index in [9.17, 15) is 0 Å². The number of aryl methyl sites for hydroxylation is 1. The highest BCUT2D eigenvalue weighted by Crippen LogP contribution is 2.17. The molecular formula is C16H26N4. The Hall–Kier alpha value is -1.55. The Morgan fingerprint density at radius 3 is 2.80 bits per heavy atom. The Bertz CT molecular complexity index is 512. The maximum absolute atomic E-state index is 4.43. The molecule has 2 aromatic heterocycles. The monoisotopic (exact) mass is 274 g/mol. The molecule has 4 nitrogen and oxygen atoms in total. The van der Waals surface area contributed by atoms with Gasteiger partial charge in [0.25, 0.3) is 0 Å². The summed E-state index contributed by atoms with van der Waals surface area (Å²) in [5.74, 6) is 1.12. The molecule has 2 rings (SSSR count). The first kappa shape index (κ1) is 14.9. The molecule has 0 aliphatic carbocycles. The van der Waals surface area contributed by atoms with Crippen LogP contribution < -0.4 is 5.32 Å². The Morgan fingerprint density at radius 1 is 1.25 bits per heavy atom. The summed E-state index contributed by atoms with van der Waals surface area (Å²) in [6.07, 6.45) is 10.6. The number of hydrogen-bond donors (Lipinski definition) is 1. The van der Waals surface area contributed by atoms with Crippen LogP contribution in [0.4, 0.5) is 0 Å². The Labute approximate surface area is 121 Å². The van der Waals surface area contributed by atoms with Crippen molar-refractivity contribution < 1.29 is 0 Å². The normalized spacial score (nSPS) is 12.8. The molecule has 0 amide bonds. The molecule has 0 saturated carbocycles. The summed E-state index contributed by atoms with van der Waals surface area (Å²) >= 11 is 0. The number of hydrogen-bond acceptors (Lipinski definition) is 2. The third-order valence-corrected chi connectivity index (χ3v) is 3.69. The van der Waals surface area contributed by atoms with Crippen molar-refractivity contribution in [2.24, 2.45) is 0 Å². The first-order valence-corrected chi connectivity index (χ1v) is 7.67. The van der Waals surface area contributed by atoms with E-state index >= 15 is 0 Å². The van der Waals surface area contributed by atoms with Crippen molar-refractivity contribution in [3.8, 4) is 0 Å². The van der Waals surface area contributed by atoms with Crippen LogP contribution in [0, 0.1) is 0 Å². The van der Waals surface area contributed by atoms with Gasteiger partial charge in [-0.25, -0.2) is 4.98 Å². The van der Waals surface area contributed by atoms with E-state index in [2.05, 4.69) is 58.7 Å². The molecule has 4 heteroatoms. The van der Waals surface area contributed by atoms with Gasteiger partial charge >= 0.3 is 0 Å². The van der Waals surface area contributed by atoms with Crippen molar-refractivity contribution >= 4 is 0 Å². The quantitative estimate of drug-likeness (QED) is 0.802. The molecule has 2 heterocycles. The molecular weight excluding hydrogens is 248 g/mol. The van der Waals surface area contributed by atoms with Gasteiger partial charge in [-0.2, -0.15) is 0 Å². The van der Waals surface area contributed by atoms with Crippen molar-refractivity contribution in [1.29, 1.82) is 0 Å². The van der Waals surface area contributed by atoms with Crippen molar-refractivity contribution in [2.45, 2.75) is 52.7 Å². The molecule has 1 atom stereocenters. The Kier molecular flexibility index (Phi) is 5.41. The van der Waals surface area contributed by atoms with E-state index in [-0.39, 0.29) is 0 Å². The highest BCUT2D eigenvalue weighted by atomic mass is 15.1. The molecule has 0 aliphatic heterocycles. The molecule has 0 bridgehead atoms. The van der Waals surface area contributed by atoms with Crippen LogP contribution in [0.25, 0.3) is 0 Å². The van der Waals surface area contributed by atoms with Crippen molar-refractivity contribution in [3.63, 3.8) is 0 Å². The zero-order chi connectivity index (χ0) is 14.4. The maximum Gasteiger partial charge on any atom is 0.128 e. The lowest BCUT2D eigenvalue weighted by Gasteiger charge is -2.15. The van der Waals surface area contributed by atoms with Gasteiger partial charge < -0.3 is 14.5 Å². The summed E-state index contributed by atoms with van der Waals surface area (Å²) in [5.41, 5.74) is 1.37. The van der Waals surface area contributed by atoms with E-state index in [1.54, 1.807) is 0 Å². The van der Waals surface area contributed by atoms with Crippen molar-refractivity contribution in [2.75, 3.05) is 6.54 Å². The van der Waals surface area contributed by atoms with Gasteiger partial charge in [0.15, 0.2) is 0 Å².